The van der Waals surface area contributed by atoms with Crippen LogP contribution in [0.4, 0.5) is 8.78 Å². The van der Waals surface area contributed by atoms with E-state index in [9.17, 15) is 13.6 Å². The molecular formula is C18H27ClF2N2O3. The first-order valence-electron chi connectivity index (χ1n) is 8.64. The number of ether oxygens (including phenoxy) is 2. The van der Waals surface area contributed by atoms with Gasteiger partial charge in [0.05, 0.1) is 6.61 Å². The third-order valence-corrected chi connectivity index (χ3v) is 4.30. The van der Waals surface area contributed by atoms with Crippen LogP contribution in [0.25, 0.3) is 0 Å². The first-order chi connectivity index (χ1) is 12.0. The summed E-state index contributed by atoms with van der Waals surface area (Å²) in [6.45, 7) is 1.62. The van der Waals surface area contributed by atoms with Crippen molar-refractivity contribution in [3.63, 3.8) is 0 Å². The molecule has 1 amide bonds. The van der Waals surface area contributed by atoms with Gasteiger partial charge in [-0.3, -0.25) is 4.79 Å². The van der Waals surface area contributed by atoms with E-state index >= 15 is 0 Å². The van der Waals surface area contributed by atoms with Crippen molar-refractivity contribution in [3.05, 3.63) is 23.8 Å². The van der Waals surface area contributed by atoms with Crippen LogP contribution >= 0.6 is 12.4 Å². The molecule has 26 heavy (non-hydrogen) atoms. The number of benzene rings is 1. The first-order valence-corrected chi connectivity index (χ1v) is 8.64. The Morgan fingerprint density at radius 3 is 2.77 bits per heavy atom. The van der Waals surface area contributed by atoms with Crippen molar-refractivity contribution in [1.82, 2.24) is 10.2 Å². The molecule has 0 aromatic heterocycles. The average molecular weight is 393 g/mol. The zero-order valence-electron chi connectivity index (χ0n) is 15.2. The van der Waals surface area contributed by atoms with Crippen LogP contribution in [0.1, 0.15) is 31.7 Å². The lowest BCUT2D eigenvalue weighted by atomic mass is 10.0. The number of halogens is 3. The molecule has 0 spiro atoms. The van der Waals surface area contributed by atoms with Crippen LogP contribution in [-0.4, -0.2) is 44.2 Å². The van der Waals surface area contributed by atoms with E-state index in [1.165, 1.54) is 6.07 Å². The Bertz CT molecular complexity index is 569. The zero-order valence-corrected chi connectivity index (χ0v) is 16.0. The van der Waals surface area contributed by atoms with Crippen LogP contribution in [-0.2, 0) is 11.3 Å². The zero-order chi connectivity index (χ0) is 18.2. The molecule has 1 N–H and O–H groups in total. The molecule has 0 saturated carbocycles. The van der Waals surface area contributed by atoms with Crippen LogP contribution < -0.4 is 14.8 Å². The lowest BCUT2D eigenvalue weighted by Crippen LogP contribution is -2.26. The predicted molar refractivity (Wildman–Crippen MR) is 98.2 cm³/mol. The summed E-state index contributed by atoms with van der Waals surface area (Å²) in [4.78, 5) is 13.9. The Morgan fingerprint density at radius 1 is 1.38 bits per heavy atom. The minimum absolute atomic E-state index is 0. The van der Waals surface area contributed by atoms with Gasteiger partial charge in [0.25, 0.3) is 0 Å². The van der Waals surface area contributed by atoms with Crippen LogP contribution in [0, 0.1) is 5.92 Å². The molecule has 1 fully saturated rings. The number of amides is 1. The normalized spacial score (nSPS) is 16.3. The third kappa shape index (κ3) is 6.96. The number of carbonyl (C=O) groups is 1. The maximum absolute atomic E-state index is 12.4. The first kappa shape index (κ1) is 22.4. The molecule has 1 aromatic rings. The van der Waals surface area contributed by atoms with Crippen LogP contribution in [0.15, 0.2) is 18.2 Å². The molecule has 0 radical (unpaired) electrons. The summed E-state index contributed by atoms with van der Waals surface area (Å²) < 4.78 is 34.7. The molecule has 0 bridgehead atoms. The van der Waals surface area contributed by atoms with Crippen molar-refractivity contribution in [3.8, 4) is 11.5 Å². The van der Waals surface area contributed by atoms with E-state index < -0.39 is 6.61 Å². The molecule has 1 atom stereocenters. The van der Waals surface area contributed by atoms with E-state index in [0.717, 1.165) is 31.5 Å². The molecule has 1 aromatic carbocycles. The fourth-order valence-electron chi connectivity index (χ4n) is 2.95. The van der Waals surface area contributed by atoms with E-state index in [2.05, 4.69) is 10.1 Å². The SMILES string of the molecule is CCOc1cc(CN(C)C(=O)CCC2CCNC2)ccc1OC(F)F.Cl. The number of carbonyl (C=O) groups excluding carboxylic acids is 1. The van der Waals surface area contributed by atoms with Gasteiger partial charge in [0, 0.05) is 20.0 Å². The highest BCUT2D eigenvalue weighted by atomic mass is 35.5. The quantitative estimate of drug-likeness (QED) is 0.699. The van der Waals surface area contributed by atoms with Gasteiger partial charge < -0.3 is 19.7 Å². The smallest absolute Gasteiger partial charge is 0.387 e. The van der Waals surface area contributed by atoms with E-state index in [0.29, 0.717) is 25.5 Å². The van der Waals surface area contributed by atoms with E-state index in [1.54, 1.807) is 31.0 Å². The highest BCUT2D eigenvalue weighted by Gasteiger charge is 2.18. The summed E-state index contributed by atoms with van der Waals surface area (Å²) in [5, 5.41) is 3.30. The van der Waals surface area contributed by atoms with Gasteiger partial charge in [-0.15, -0.1) is 12.4 Å². The monoisotopic (exact) mass is 392 g/mol. The van der Waals surface area contributed by atoms with E-state index in [4.69, 9.17) is 4.74 Å². The molecule has 1 aliphatic heterocycles. The second-order valence-corrected chi connectivity index (χ2v) is 6.24. The molecule has 8 heteroatoms. The molecule has 1 saturated heterocycles. The average Bonchev–Trinajstić information content (AvgIpc) is 3.08. The predicted octanol–water partition coefficient (Wildman–Crippen LogP) is 3.46. The third-order valence-electron chi connectivity index (χ3n) is 4.30. The van der Waals surface area contributed by atoms with Crippen molar-refractivity contribution in [2.24, 2.45) is 5.92 Å². The number of alkyl halides is 2. The van der Waals surface area contributed by atoms with Gasteiger partial charge >= 0.3 is 6.61 Å². The minimum Gasteiger partial charge on any atom is -0.490 e. The Labute approximate surface area is 159 Å². The lowest BCUT2D eigenvalue weighted by Gasteiger charge is -2.19. The fourth-order valence-corrected chi connectivity index (χ4v) is 2.95. The van der Waals surface area contributed by atoms with Gasteiger partial charge in [-0.2, -0.15) is 8.78 Å². The van der Waals surface area contributed by atoms with Gasteiger partial charge in [-0.05, 0) is 56.5 Å². The summed E-state index contributed by atoms with van der Waals surface area (Å²) in [6.07, 6.45) is 2.54. The summed E-state index contributed by atoms with van der Waals surface area (Å²) in [7, 11) is 1.75. The maximum Gasteiger partial charge on any atom is 0.387 e. The highest BCUT2D eigenvalue weighted by molar-refractivity contribution is 5.85. The Morgan fingerprint density at radius 2 is 2.15 bits per heavy atom. The number of rotatable bonds is 9. The van der Waals surface area contributed by atoms with Crippen LogP contribution in [0.3, 0.4) is 0 Å². The number of hydrogen-bond donors (Lipinski definition) is 1. The topological polar surface area (TPSA) is 50.8 Å². The fraction of sp³-hybridized carbons (Fsp3) is 0.611. The largest absolute Gasteiger partial charge is 0.490 e. The molecule has 1 heterocycles. The molecule has 1 aliphatic rings. The van der Waals surface area contributed by atoms with Gasteiger partial charge in [-0.25, -0.2) is 0 Å². The van der Waals surface area contributed by atoms with Crippen molar-refractivity contribution in [2.75, 3.05) is 26.7 Å². The summed E-state index contributed by atoms with van der Waals surface area (Å²) in [6, 6.07) is 4.77. The second kappa shape index (κ2) is 11.2. The molecular weight excluding hydrogens is 366 g/mol. The number of nitrogens with zero attached hydrogens (tertiary/aromatic N) is 1. The number of nitrogens with one attached hydrogen (secondary N) is 1. The lowest BCUT2D eigenvalue weighted by molar-refractivity contribution is -0.130. The van der Waals surface area contributed by atoms with Gasteiger partial charge in [0.2, 0.25) is 5.91 Å². The van der Waals surface area contributed by atoms with Crippen molar-refractivity contribution in [2.45, 2.75) is 39.3 Å². The Hall–Kier alpha value is -1.60. The minimum atomic E-state index is -2.90. The molecule has 1 unspecified atom stereocenters. The molecule has 2 rings (SSSR count). The van der Waals surface area contributed by atoms with Crippen molar-refractivity contribution >= 4 is 18.3 Å². The van der Waals surface area contributed by atoms with Gasteiger partial charge in [-0.1, -0.05) is 6.07 Å². The van der Waals surface area contributed by atoms with Crippen molar-refractivity contribution < 1.29 is 23.0 Å². The summed E-state index contributed by atoms with van der Waals surface area (Å²) in [5.41, 5.74) is 0.809. The maximum atomic E-state index is 12.4. The summed E-state index contributed by atoms with van der Waals surface area (Å²) in [5.74, 6) is 0.923. The van der Waals surface area contributed by atoms with Crippen LogP contribution in [0.2, 0.25) is 0 Å². The molecule has 5 nitrogen and oxygen atoms in total. The molecule has 0 aliphatic carbocycles. The van der Waals surface area contributed by atoms with E-state index in [-0.39, 0.29) is 29.8 Å². The number of hydrogen-bond acceptors (Lipinski definition) is 4. The van der Waals surface area contributed by atoms with Gasteiger partial charge in [0.1, 0.15) is 0 Å². The van der Waals surface area contributed by atoms with Crippen molar-refractivity contribution in [1.29, 1.82) is 0 Å². The van der Waals surface area contributed by atoms with Crippen LogP contribution in [0.5, 0.6) is 11.5 Å². The second-order valence-electron chi connectivity index (χ2n) is 6.24. The Balaban J connectivity index is 0.00000338. The molecule has 148 valence electrons. The van der Waals surface area contributed by atoms with Gasteiger partial charge in [0.15, 0.2) is 11.5 Å². The standard InChI is InChI=1S/C18H26F2N2O3.ClH/c1-3-24-16-10-14(4-6-15(16)25-18(19)20)12-22(2)17(23)7-5-13-8-9-21-11-13;/h4,6,10,13,18,21H,3,5,7-9,11-12H2,1-2H3;1H. The Kier molecular flexibility index (Phi) is 9.65. The van der Waals surface area contributed by atoms with E-state index in [1.807, 2.05) is 0 Å². The summed E-state index contributed by atoms with van der Waals surface area (Å²) >= 11 is 0. The highest BCUT2D eigenvalue weighted by Crippen LogP contribution is 2.30.